The Morgan fingerprint density at radius 2 is 1.76 bits per heavy atom. The van der Waals surface area contributed by atoms with E-state index in [2.05, 4.69) is 15.2 Å². The number of carbonyl (C=O) groups excluding carboxylic acids is 2. The maximum atomic E-state index is 15.5. The van der Waals surface area contributed by atoms with Crippen LogP contribution in [0.2, 0.25) is 0 Å². The second-order valence-electron chi connectivity index (χ2n) is 12.6. The largest absolute Gasteiger partial charge is 0.491 e. The predicted octanol–water partition coefficient (Wildman–Crippen LogP) is 7.28. The van der Waals surface area contributed by atoms with Crippen LogP contribution < -0.4 is 15.4 Å². The maximum Gasteiger partial charge on any atom is 0.328 e. The van der Waals surface area contributed by atoms with Crippen molar-refractivity contribution in [3.8, 4) is 17.0 Å². The van der Waals surface area contributed by atoms with Gasteiger partial charge in [0.1, 0.15) is 23.7 Å². The number of benzene rings is 3. The highest BCUT2D eigenvalue weighted by molar-refractivity contribution is 6.06. The van der Waals surface area contributed by atoms with Crippen LogP contribution in [0.15, 0.2) is 66.7 Å². The average molecular weight is 622 g/mol. The standard InChI is InChI=1S/C37H36FN3O5/c38-28-8-4-9-30-33(28)34-32(24-6-2-1-3-7-24)27-16-13-25(22-29(27)41(34)20-21-46-30)35(44)40-37(18-5-19-37)36(45)39-26-14-10-23(11-15-26)12-17-31(42)43/h4,8-17,22,24H,1-3,5-7,18-21H2,(H,39,45)(H,40,44)(H,42,43)/b17-12+. The second-order valence-corrected chi connectivity index (χ2v) is 12.6. The third-order valence-corrected chi connectivity index (χ3v) is 9.75. The number of hydrogen-bond donors (Lipinski definition) is 3. The molecule has 3 aliphatic rings. The third kappa shape index (κ3) is 5.44. The molecular formula is C37H36FN3O5. The fraction of sp³-hybridized carbons (Fsp3) is 0.324. The van der Waals surface area contributed by atoms with Gasteiger partial charge in [0, 0.05) is 28.2 Å². The first kappa shape index (κ1) is 29.8. The summed E-state index contributed by atoms with van der Waals surface area (Å²) in [6.45, 7) is 0.906. The minimum Gasteiger partial charge on any atom is -0.491 e. The molecule has 3 aromatic carbocycles. The fourth-order valence-corrected chi connectivity index (χ4v) is 7.25. The molecule has 0 spiro atoms. The maximum absolute atomic E-state index is 15.5. The van der Waals surface area contributed by atoms with Crippen LogP contribution in [0.4, 0.5) is 10.1 Å². The molecule has 0 bridgehead atoms. The van der Waals surface area contributed by atoms with Crippen LogP contribution in [-0.4, -0.2) is 39.6 Å². The average Bonchev–Trinajstić information content (AvgIpc) is 3.22. The van der Waals surface area contributed by atoms with Crippen LogP contribution in [0.25, 0.3) is 28.2 Å². The third-order valence-electron chi connectivity index (χ3n) is 9.75. The normalized spacial score (nSPS) is 17.3. The Morgan fingerprint density at radius 3 is 2.48 bits per heavy atom. The molecule has 2 fully saturated rings. The minimum absolute atomic E-state index is 0.289. The lowest BCUT2D eigenvalue weighted by molar-refractivity contribution is -0.131. The summed E-state index contributed by atoms with van der Waals surface area (Å²) in [6.07, 6.45) is 9.93. The number of carboxylic acids is 1. The molecule has 236 valence electrons. The van der Waals surface area contributed by atoms with Gasteiger partial charge >= 0.3 is 5.97 Å². The molecule has 1 aliphatic heterocycles. The number of halogens is 1. The number of carboxylic acid groups (broad SMARTS) is 1. The monoisotopic (exact) mass is 621 g/mol. The molecule has 2 heterocycles. The van der Waals surface area contributed by atoms with Gasteiger partial charge in [-0.25, -0.2) is 9.18 Å². The lowest BCUT2D eigenvalue weighted by Gasteiger charge is -2.40. The van der Waals surface area contributed by atoms with Crippen LogP contribution in [0.3, 0.4) is 0 Å². The van der Waals surface area contributed by atoms with E-state index in [1.165, 1.54) is 18.6 Å². The SMILES string of the molecule is O=C(O)/C=C/c1ccc(NC(=O)C2(NC(=O)c3ccc4c(C5CCCCC5)c5n(c4c3)CCOc3cccc(F)c3-5)CCC2)cc1. The van der Waals surface area contributed by atoms with Gasteiger partial charge in [0.25, 0.3) is 5.91 Å². The molecule has 2 amide bonds. The summed E-state index contributed by atoms with van der Waals surface area (Å²) >= 11 is 0. The van der Waals surface area contributed by atoms with E-state index in [1.54, 1.807) is 30.3 Å². The fourth-order valence-electron chi connectivity index (χ4n) is 7.25. The van der Waals surface area contributed by atoms with Crippen molar-refractivity contribution < 1.29 is 28.6 Å². The first-order valence-electron chi connectivity index (χ1n) is 16.1. The smallest absolute Gasteiger partial charge is 0.328 e. The van der Waals surface area contributed by atoms with Gasteiger partial charge in [0.05, 0.1) is 17.8 Å². The van der Waals surface area contributed by atoms with Gasteiger partial charge in [-0.3, -0.25) is 9.59 Å². The quantitative estimate of drug-likeness (QED) is 0.188. The van der Waals surface area contributed by atoms with Crippen molar-refractivity contribution in [3.05, 3.63) is 89.2 Å². The minimum atomic E-state index is -1.04. The Kier molecular flexibility index (Phi) is 7.84. The van der Waals surface area contributed by atoms with Crippen molar-refractivity contribution in [2.75, 3.05) is 11.9 Å². The van der Waals surface area contributed by atoms with E-state index in [1.807, 2.05) is 24.3 Å². The van der Waals surface area contributed by atoms with Gasteiger partial charge in [0.15, 0.2) is 0 Å². The van der Waals surface area contributed by atoms with Gasteiger partial charge in [-0.2, -0.15) is 0 Å². The van der Waals surface area contributed by atoms with Crippen LogP contribution >= 0.6 is 0 Å². The van der Waals surface area contributed by atoms with E-state index >= 15 is 4.39 Å². The molecule has 0 radical (unpaired) electrons. The van der Waals surface area contributed by atoms with Gasteiger partial charge in [0.2, 0.25) is 5.91 Å². The summed E-state index contributed by atoms with van der Waals surface area (Å²) in [5.74, 6) is -1.14. The summed E-state index contributed by atoms with van der Waals surface area (Å²) < 4.78 is 23.7. The van der Waals surface area contributed by atoms with Gasteiger partial charge < -0.3 is 25.0 Å². The molecule has 0 atom stereocenters. The van der Waals surface area contributed by atoms with E-state index in [-0.39, 0.29) is 17.6 Å². The number of aliphatic carboxylic acids is 1. The number of hydrogen-bond acceptors (Lipinski definition) is 4. The van der Waals surface area contributed by atoms with E-state index in [0.717, 1.165) is 60.3 Å². The molecule has 7 rings (SSSR count). The van der Waals surface area contributed by atoms with Crippen LogP contribution in [-0.2, 0) is 16.1 Å². The Bertz CT molecular complexity index is 1870. The van der Waals surface area contributed by atoms with Crippen LogP contribution in [0.5, 0.6) is 5.75 Å². The van der Waals surface area contributed by atoms with E-state index < -0.39 is 11.5 Å². The van der Waals surface area contributed by atoms with E-state index in [0.29, 0.717) is 60.0 Å². The number of amides is 2. The molecule has 3 N–H and O–H groups in total. The lowest BCUT2D eigenvalue weighted by atomic mass is 9.75. The number of ether oxygens (including phenoxy) is 1. The summed E-state index contributed by atoms with van der Waals surface area (Å²) in [7, 11) is 0. The summed E-state index contributed by atoms with van der Waals surface area (Å²) in [6, 6.07) is 17.5. The van der Waals surface area contributed by atoms with Crippen molar-refractivity contribution in [3.63, 3.8) is 0 Å². The number of anilines is 1. The number of rotatable bonds is 7. The lowest BCUT2D eigenvalue weighted by Crippen LogP contribution is -2.61. The molecule has 4 aromatic rings. The molecule has 2 aliphatic carbocycles. The first-order chi connectivity index (χ1) is 22.3. The molecule has 0 saturated heterocycles. The van der Waals surface area contributed by atoms with Gasteiger partial charge in [-0.05, 0) is 91.6 Å². The summed E-state index contributed by atoms with van der Waals surface area (Å²) in [4.78, 5) is 38.1. The second kappa shape index (κ2) is 12.1. The van der Waals surface area contributed by atoms with Crippen molar-refractivity contribution >= 4 is 40.4 Å². The highest BCUT2D eigenvalue weighted by Crippen LogP contribution is 2.48. The Morgan fingerprint density at radius 1 is 0.978 bits per heavy atom. The molecule has 2 saturated carbocycles. The zero-order valence-electron chi connectivity index (χ0n) is 25.5. The van der Waals surface area contributed by atoms with Crippen molar-refractivity contribution in [1.82, 2.24) is 9.88 Å². The predicted molar refractivity (Wildman–Crippen MR) is 174 cm³/mol. The number of nitrogens with zero attached hydrogens (tertiary/aromatic N) is 1. The summed E-state index contributed by atoms with van der Waals surface area (Å²) in [5, 5.41) is 15.8. The Labute approximate surface area is 266 Å². The topological polar surface area (TPSA) is 110 Å². The first-order valence-corrected chi connectivity index (χ1v) is 16.1. The van der Waals surface area contributed by atoms with Crippen LogP contribution in [0.1, 0.15) is 78.8 Å². The van der Waals surface area contributed by atoms with Crippen molar-refractivity contribution in [2.24, 2.45) is 0 Å². The van der Waals surface area contributed by atoms with Crippen molar-refractivity contribution in [1.29, 1.82) is 0 Å². The Balaban J connectivity index is 1.19. The highest BCUT2D eigenvalue weighted by atomic mass is 19.1. The molecule has 0 unspecified atom stereocenters. The number of carbonyl (C=O) groups is 3. The summed E-state index contributed by atoms with van der Waals surface area (Å²) in [5.41, 5.74) is 3.99. The highest BCUT2D eigenvalue weighted by Gasteiger charge is 2.45. The molecule has 46 heavy (non-hydrogen) atoms. The van der Waals surface area contributed by atoms with Crippen LogP contribution in [0, 0.1) is 5.82 Å². The zero-order valence-corrected chi connectivity index (χ0v) is 25.5. The number of aromatic nitrogens is 1. The Hall–Kier alpha value is -4.92. The number of nitrogens with one attached hydrogen (secondary N) is 2. The molecule has 9 heteroatoms. The molecule has 1 aromatic heterocycles. The van der Waals surface area contributed by atoms with E-state index in [4.69, 9.17) is 9.84 Å². The molecule has 8 nitrogen and oxygen atoms in total. The molecular weight excluding hydrogens is 585 g/mol. The van der Waals surface area contributed by atoms with Gasteiger partial charge in [-0.1, -0.05) is 43.5 Å². The van der Waals surface area contributed by atoms with E-state index in [9.17, 15) is 14.4 Å². The van der Waals surface area contributed by atoms with Crippen molar-refractivity contribution in [2.45, 2.75) is 69.4 Å². The van der Waals surface area contributed by atoms with Gasteiger partial charge in [-0.15, -0.1) is 0 Å². The zero-order chi connectivity index (χ0) is 31.8. The number of fused-ring (bicyclic) bond motifs is 5.